The van der Waals surface area contributed by atoms with Gasteiger partial charge >= 0.3 is 5.97 Å². The Hall–Kier alpha value is -2.95. The third-order valence-corrected chi connectivity index (χ3v) is 4.23. The zero-order valence-electron chi connectivity index (χ0n) is 14.1. The maximum absolute atomic E-state index is 12.4. The van der Waals surface area contributed by atoms with Crippen molar-refractivity contribution in [3.05, 3.63) is 59.7 Å². The molecule has 124 valence electrons. The Bertz CT molecular complexity index is 858. The summed E-state index contributed by atoms with van der Waals surface area (Å²) in [6, 6.07) is 9.52. The second-order valence-electron chi connectivity index (χ2n) is 5.47. The molecule has 0 fully saturated rings. The van der Waals surface area contributed by atoms with Gasteiger partial charge in [0.2, 0.25) is 0 Å². The molecule has 0 atom stereocenters. The van der Waals surface area contributed by atoms with Crippen molar-refractivity contribution in [3.8, 4) is 22.7 Å². The molecule has 0 aliphatic rings. The molecule has 0 saturated carbocycles. The molecule has 0 amide bonds. The highest BCUT2D eigenvalue weighted by Crippen LogP contribution is 2.35. The first-order valence-electron chi connectivity index (χ1n) is 7.55. The number of aromatic nitrogens is 1. The number of esters is 1. The molecule has 0 saturated heterocycles. The number of hydrogen-bond acceptors (Lipinski definition) is 4. The maximum Gasteiger partial charge on any atom is 0.340 e. The van der Waals surface area contributed by atoms with Crippen LogP contribution in [0.25, 0.3) is 16.9 Å². The Balaban J connectivity index is 2.30. The number of ether oxygens (including phenoxy) is 2. The number of benzene rings is 1. The largest absolute Gasteiger partial charge is 0.497 e. The van der Waals surface area contributed by atoms with Crippen molar-refractivity contribution in [2.45, 2.75) is 13.8 Å². The van der Waals surface area contributed by atoms with Crippen LogP contribution in [0.4, 0.5) is 0 Å². The Morgan fingerprint density at radius 1 is 1.08 bits per heavy atom. The second-order valence-corrected chi connectivity index (χ2v) is 5.47. The van der Waals surface area contributed by atoms with Gasteiger partial charge in [-0.2, -0.15) is 0 Å². The van der Waals surface area contributed by atoms with Gasteiger partial charge in [0.1, 0.15) is 5.75 Å². The first kappa shape index (κ1) is 15.9. The molecule has 0 N–H and O–H groups in total. The standard InChI is InChI=1S/C19H19NO4/c1-12-13(2)20(15-5-7-16(22-3)8-6-15)18(14-9-10-24-11-14)17(12)19(21)23-4/h5-11H,1-4H3. The molecule has 0 radical (unpaired) electrons. The van der Waals surface area contributed by atoms with Gasteiger partial charge in [-0.05, 0) is 49.7 Å². The van der Waals surface area contributed by atoms with E-state index in [1.54, 1.807) is 19.6 Å². The smallest absolute Gasteiger partial charge is 0.340 e. The van der Waals surface area contributed by atoms with E-state index in [0.29, 0.717) is 5.56 Å². The molecule has 1 aromatic carbocycles. The number of carbonyl (C=O) groups is 1. The fraction of sp³-hybridized carbons (Fsp3) is 0.211. The summed E-state index contributed by atoms with van der Waals surface area (Å²) in [4.78, 5) is 12.4. The van der Waals surface area contributed by atoms with Crippen molar-refractivity contribution in [1.29, 1.82) is 0 Å². The van der Waals surface area contributed by atoms with Crippen LogP contribution in [0.5, 0.6) is 5.75 Å². The minimum atomic E-state index is -0.362. The van der Waals surface area contributed by atoms with Crippen LogP contribution in [-0.2, 0) is 4.74 Å². The number of methoxy groups -OCH3 is 2. The van der Waals surface area contributed by atoms with E-state index in [0.717, 1.165) is 34.0 Å². The zero-order chi connectivity index (χ0) is 17.3. The minimum Gasteiger partial charge on any atom is -0.497 e. The molecule has 3 aromatic rings. The summed E-state index contributed by atoms with van der Waals surface area (Å²) < 4.78 is 17.5. The molecule has 0 bridgehead atoms. The minimum absolute atomic E-state index is 0.362. The maximum atomic E-state index is 12.4. The van der Waals surface area contributed by atoms with Crippen LogP contribution in [0.15, 0.2) is 47.3 Å². The SMILES string of the molecule is COC(=O)c1c(C)c(C)n(-c2ccc(OC)cc2)c1-c1ccoc1. The van der Waals surface area contributed by atoms with Crippen LogP contribution in [0.2, 0.25) is 0 Å². The van der Waals surface area contributed by atoms with Gasteiger partial charge in [-0.25, -0.2) is 4.79 Å². The quantitative estimate of drug-likeness (QED) is 0.676. The van der Waals surface area contributed by atoms with E-state index in [9.17, 15) is 4.79 Å². The number of furan rings is 1. The van der Waals surface area contributed by atoms with Crippen LogP contribution in [0, 0.1) is 13.8 Å². The van der Waals surface area contributed by atoms with E-state index in [-0.39, 0.29) is 5.97 Å². The van der Waals surface area contributed by atoms with E-state index in [4.69, 9.17) is 13.9 Å². The third-order valence-electron chi connectivity index (χ3n) is 4.23. The predicted molar refractivity (Wildman–Crippen MR) is 90.8 cm³/mol. The van der Waals surface area contributed by atoms with E-state index in [2.05, 4.69) is 0 Å². The highest BCUT2D eigenvalue weighted by Gasteiger charge is 2.26. The first-order valence-corrected chi connectivity index (χ1v) is 7.55. The zero-order valence-corrected chi connectivity index (χ0v) is 14.1. The molecule has 3 rings (SSSR count). The Morgan fingerprint density at radius 3 is 2.33 bits per heavy atom. The lowest BCUT2D eigenvalue weighted by Gasteiger charge is -2.12. The van der Waals surface area contributed by atoms with Gasteiger partial charge in [0.05, 0.1) is 38.0 Å². The average molecular weight is 325 g/mol. The molecular formula is C19H19NO4. The van der Waals surface area contributed by atoms with Crippen molar-refractivity contribution < 1.29 is 18.7 Å². The number of hydrogen-bond donors (Lipinski definition) is 0. The average Bonchev–Trinajstić information content (AvgIpc) is 3.22. The molecule has 0 aliphatic carbocycles. The molecule has 0 aliphatic heterocycles. The molecule has 0 spiro atoms. The van der Waals surface area contributed by atoms with E-state index in [1.807, 2.05) is 48.7 Å². The van der Waals surface area contributed by atoms with Crippen molar-refractivity contribution in [1.82, 2.24) is 4.57 Å². The number of carbonyl (C=O) groups excluding carboxylic acids is 1. The van der Waals surface area contributed by atoms with Crippen LogP contribution in [0.3, 0.4) is 0 Å². The normalized spacial score (nSPS) is 10.7. The van der Waals surface area contributed by atoms with Crippen LogP contribution in [0.1, 0.15) is 21.6 Å². The Labute approximate surface area is 140 Å². The van der Waals surface area contributed by atoms with Crippen LogP contribution < -0.4 is 4.74 Å². The molecule has 2 aromatic heterocycles. The van der Waals surface area contributed by atoms with Gasteiger partial charge in [-0.15, -0.1) is 0 Å². The van der Waals surface area contributed by atoms with Gasteiger partial charge in [-0.1, -0.05) is 0 Å². The summed E-state index contributed by atoms with van der Waals surface area (Å²) in [5.41, 5.74) is 4.92. The van der Waals surface area contributed by atoms with Gasteiger partial charge in [0.25, 0.3) is 0 Å². The summed E-state index contributed by atoms with van der Waals surface area (Å²) in [6.07, 6.45) is 3.22. The molecule has 24 heavy (non-hydrogen) atoms. The number of nitrogens with zero attached hydrogens (tertiary/aromatic N) is 1. The first-order chi connectivity index (χ1) is 11.6. The highest BCUT2D eigenvalue weighted by molar-refractivity contribution is 5.99. The van der Waals surface area contributed by atoms with Crippen molar-refractivity contribution in [2.75, 3.05) is 14.2 Å². The molecule has 2 heterocycles. The lowest BCUT2D eigenvalue weighted by atomic mass is 10.1. The lowest BCUT2D eigenvalue weighted by molar-refractivity contribution is 0.0601. The van der Waals surface area contributed by atoms with Gasteiger partial charge in [0.15, 0.2) is 0 Å². The van der Waals surface area contributed by atoms with Crippen molar-refractivity contribution in [2.24, 2.45) is 0 Å². The topological polar surface area (TPSA) is 53.6 Å². The predicted octanol–water partition coefficient (Wildman–Crippen LogP) is 4.15. The highest BCUT2D eigenvalue weighted by atomic mass is 16.5. The summed E-state index contributed by atoms with van der Waals surface area (Å²) in [5, 5.41) is 0. The van der Waals surface area contributed by atoms with E-state index < -0.39 is 0 Å². The van der Waals surface area contributed by atoms with Gasteiger partial charge < -0.3 is 18.5 Å². The fourth-order valence-corrected chi connectivity index (χ4v) is 2.88. The Morgan fingerprint density at radius 2 is 1.79 bits per heavy atom. The van der Waals surface area contributed by atoms with Crippen LogP contribution in [-0.4, -0.2) is 24.8 Å². The van der Waals surface area contributed by atoms with E-state index >= 15 is 0 Å². The second kappa shape index (κ2) is 6.28. The van der Waals surface area contributed by atoms with Gasteiger partial charge in [0, 0.05) is 16.9 Å². The van der Waals surface area contributed by atoms with Crippen LogP contribution >= 0.6 is 0 Å². The summed E-state index contributed by atoms with van der Waals surface area (Å²) in [7, 11) is 3.02. The monoisotopic (exact) mass is 325 g/mol. The summed E-state index contributed by atoms with van der Waals surface area (Å²) >= 11 is 0. The third kappa shape index (κ3) is 2.48. The lowest BCUT2D eigenvalue weighted by Crippen LogP contribution is -2.05. The number of rotatable bonds is 4. The van der Waals surface area contributed by atoms with Crippen molar-refractivity contribution >= 4 is 5.97 Å². The molecule has 5 heteroatoms. The fourth-order valence-electron chi connectivity index (χ4n) is 2.88. The molecule has 5 nitrogen and oxygen atoms in total. The Kier molecular flexibility index (Phi) is 4.16. The summed E-state index contributed by atoms with van der Waals surface area (Å²) in [5.74, 6) is 0.414. The van der Waals surface area contributed by atoms with E-state index in [1.165, 1.54) is 7.11 Å². The van der Waals surface area contributed by atoms with Gasteiger partial charge in [-0.3, -0.25) is 0 Å². The molecule has 0 unspecified atom stereocenters. The summed E-state index contributed by atoms with van der Waals surface area (Å²) in [6.45, 7) is 3.90. The van der Waals surface area contributed by atoms with Crippen molar-refractivity contribution in [3.63, 3.8) is 0 Å². The molecular weight excluding hydrogens is 306 g/mol.